The minimum absolute atomic E-state index is 0.366. The SMILES string of the molecule is COC(=O)C1=C[C@H](N=[N+]=[N-])[C@@H](NC(C)=O)[C@H]([C@H](O)[C@H](O)COC(C)=O)O1. The number of hydrogen-bond donors (Lipinski definition) is 3. The summed E-state index contributed by atoms with van der Waals surface area (Å²) in [4.78, 5) is 36.7. The highest BCUT2D eigenvalue weighted by Gasteiger charge is 2.43. The number of aliphatic hydroxyl groups excluding tert-OH is 2. The summed E-state index contributed by atoms with van der Waals surface area (Å²) < 4.78 is 14.5. The molecule has 0 saturated carbocycles. The highest BCUT2D eigenvalue weighted by atomic mass is 16.6. The molecule has 12 nitrogen and oxygen atoms in total. The van der Waals surface area contributed by atoms with Crippen LogP contribution in [0.25, 0.3) is 10.4 Å². The maximum atomic E-state index is 11.7. The number of esters is 2. The number of aliphatic hydroxyl groups is 2. The van der Waals surface area contributed by atoms with Crippen LogP contribution >= 0.6 is 0 Å². The van der Waals surface area contributed by atoms with Crippen molar-refractivity contribution in [3.8, 4) is 0 Å². The normalized spacial score (nSPS) is 24.0. The largest absolute Gasteiger partial charge is 0.478 e. The van der Waals surface area contributed by atoms with E-state index < -0.39 is 54.8 Å². The average molecular weight is 372 g/mol. The lowest BCUT2D eigenvalue weighted by molar-refractivity contribution is -0.155. The molecule has 1 heterocycles. The second-order valence-electron chi connectivity index (χ2n) is 5.39. The number of ether oxygens (including phenoxy) is 3. The van der Waals surface area contributed by atoms with E-state index in [2.05, 4.69) is 24.8 Å². The molecule has 0 aromatic heterocycles. The van der Waals surface area contributed by atoms with E-state index in [1.807, 2.05) is 0 Å². The molecule has 144 valence electrons. The van der Waals surface area contributed by atoms with Gasteiger partial charge in [0.1, 0.15) is 24.9 Å². The van der Waals surface area contributed by atoms with E-state index in [4.69, 9.17) is 10.3 Å². The Labute approximate surface area is 148 Å². The van der Waals surface area contributed by atoms with Gasteiger partial charge < -0.3 is 29.7 Å². The summed E-state index contributed by atoms with van der Waals surface area (Å²) >= 11 is 0. The zero-order valence-corrected chi connectivity index (χ0v) is 14.4. The van der Waals surface area contributed by atoms with Gasteiger partial charge in [-0.15, -0.1) is 0 Å². The van der Waals surface area contributed by atoms with Gasteiger partial charge in [-0.05, 0) is 11.6 Å². The van der Waals surface area contributed by atoms with Crippen LogP contribution in [0.15, 0.2) is 16.9 Å². The first kappa shape index (κ1) is 21.2. The zero-order chi connectivity index (χ0) is 19.9. The van der Waals surface area contributed by atoms with Crippen molar-refractivity contribution in [3.05, 3.63) is 22.3 Å². The number of carbonyl (C=O) groups excluding carboxylic acids is 3. The molecule has 5 atom stereocenters. The third-order valence-corrected chi connectivity index (χ3v) is 3.44. The molecule has 0 fully saturated rings. The number of hydrogen-bond acceptors (Lipinski definition) is 9. The lowest BCUT2D eigenvalue weighted by atomic mass is 9.92. The Morgan fingerprint density at radius 1 is 1.42 bits per heavy atom. The molecule has 0 aromatic rings. The van der Waals surface area contributed by atoms with E-state index in [0.717, 1.165) is 20.1 Å². The van der Waals surface area contributed by atoms with Gasteiger partial charge in [-0.1, -0.05) is 5.11 Å². The molecule has 0 unspecified atom stereocenters. The minimum atomic E-state index is -1.70. The Balaban J connectivity index is 3.18. The topological polar surface area (TPSA) is 180 Å². The monoisotopic (exact) mass is 372 g/mol. The summed E-state index contributed by atoms with van der Waals surface area (Å²) in [6, 6.07) is -2.20. The van der Waals surface area contributed by atoms with E-state index in [0.29, 0.717) is 0 Å². The van der Waals surface area contributed by atoms with Crippen LogP contribution in [-0.2, 0) is 28.6 Å². The Morgan fingerprint density at radius 3 is 2.58 bits per heavy atom. The Morgan fingerprint density at radius 2 is 2.08 bits per heavy atom. The molecule has 0 spiro atoms. The molecular formula is C14H20N4O8. The fourth-order valence-corrected chi connectivity index (χ4v) is 2.30. The van der Waals surface area contributed by atoms with Crippen molar-refractivity contribution in [2.75, 3.05) is 13.7 Å². The van der Waals surface area contributed by atoms with Crippen LogP contribution in [0.1, 0.15) is 13.8 Å². The van der Waals surface area contributed by atoms with Gasteiger partial charge in [0.25, 0.3) is 0 Å². The van der Waals surface area contributed by atoms with Crippen LogP contribution in [-0.4, -0.2) is 72.2 Å². The van der Waals surface area contributed by atoms with Crippen molar-refractivity contribution in [2.24, 2.45) is 5.11 Å². The molecule has 1 rings (SSSR count). The molecule has 0 aromatic carbocycles. The van der Waals surface area contributed by atoms with Gasteiger partial charge in [0, 0.05) is 18.8 Å². The van der Waals surface area contributed by atoms with Crippen molar-refractivity contribution < 1.29 is 38.8 Å². The van der Waals surface area contributed by atoms with Gasteiger partial charge >= 0.3 is 11.9 Å². The van der Waals surface area contributed by atoms with Crippen LogP contribution in [0.5, 0.6) is 0 Å². The number of methoxy groups -OCH3 is 1. The maximum Gasteiger partial charge on any atom is 0.372 e. The van der Waals surface area contributed by atoms with Crippen LogP contribution in [0, 0.1) is 0 Å². The molecule has 0 bridgehead atoms. The molecule has 0 aliphatic carbocycles. The van der Waals surface area contributed by atoms with Gasteiger partial charge in [-0.25, -0.2) is 4.79 Å². The molecule has 12 heteroatoms. The smallest absolute Gasteiger partial charge is 0.372 e. The summed E-state index contributed by atoms with van der Waals surface area (Å²) in [6.45, 7) is 1.75. The molecule has 0 saturated heterocycles. The van der Waals surface area contributed by atoms with Crippen LogP contribution in [0.2, 0.25) is 0 Å². The fraction of sp³-hybridized carbons (Fsp3) is 0.643. The van der Waals surface area contributed by atoms with E-state index in [1.165, 1.54) is 6.92 Å². The summed E-state index contributed by atoms with van der Waals surface area (Å²) in [6.07, 6.45) is -3.55. The number of carbonyl (C=O) groups is 3. The van der Waals surface area contributed by atoms with E-state index in [-0.39, 0.29) is 5.76 Å². The third-order valence-electron chi connectivity index (χ3n) is 3.44. The number of rotatable bonds is 7. The molecule has 26 heavy (non-hydrogen) atoms. The van der Waals surface area contributed by atoms with Crippen molar-refractivity contribution in [2.45, 2.75) is 44.2 Å². The van der Waals surface area contributed by atoms with Crippen LogP contribution in [0.3, 0.4) is 0 Å². The quantitative estimate of drug-likeness (QED) is 0.218. The lowest BCUT2D eigenvalue weighted by Crippen LogP contribution is -2.59. The summed E-state index contributed by atoms with van der Waals surface area (Å²) in [5, 5.41) is 26.3. The molecule has 1 aliphatic heterocycles. The van der Waals surface area contributed by atoms with E-state index >= 15 is 0 Å². The predicted octanol–water partition coefficient (Wildman–Crippen LogP) is -1.09. The number of nitrogens with one attached hydrogen (secondary N) is 1. The zero-order valence-electron chi connectivity index (χ0n) is 14.4. The lowest BCUT2D eigenvalue weighted by Gasteiger charge is -2.38. The third kappa shape index (κ3) is 5.62. The molecule has 3 N–H and O–H groups in total. The number of amides is 1. The predicted molar refractivity (Wildman–Crippen MR) is 84.2 cm³/mol. The summed E-state index contributed by atoms with van der Waals surface area (Å²) in [5.74, 6) is -2.48. The second kappa shape index (κ2) is 9.61. The first-order valence-electron chi connectivity index (χ1n) is 7.48. The van der Waals surface area contributed by atoms with Gasteiger partial charge in [0.2, 0.25) is 11.7 Å². The molecular weight excluding hydrogens is 352 g/mol. The van der Waals surface area contributed by atoms with E-state index in [9.17, 15) is 24.6 Å². The van der Waals surface area contributed by atoms with Gasteiger partial charge in [-0.3, -0.25) is 9.59 Å². The fourth-order valence-electron chi connectivity index (χ4n) is 2.30. The van der Waals surface area contributed by atoms with Crippen molar-refractivity contribution >= 4 is 17.8 Å². The molecule has 1 amide bonds. The van der Waals surface area contributed by atoms with Crippen molar-refractivity contribution in [1.82, 2.24) is 5.32 Å². The number of nitrogens with zero attached hydrogens (tertiary/aromatic N) is 3. The van der Waals surface area contributed by atoms with Gasteiger partial charge in [0.05, 0.1) is 19.2 Å². The Kier molecular flexibility index (Phi) is 7.84. The van der Waals surface area contributed by atoms with Crippen molar-refractivity contribution in [1.29, 1.82) is 0 Å². The highest BCUT2D eigenvalue weighted by molar-refractivity contribution is 5.86. The first-order valence-corrected chi connectivity index (χ1v) is 7.48. The van der Waals surface area contributed by atoms with E-state index in [1.54, 1.807) is 0 Å². The highest BCUT2D eigenvalue weighted by Crippen LogP contribution is 2.25. The second-order valence-corrected chi connectivity index (χ2v) is 5.39. The van der Waals surface area contributed by atoms with Gasteiger partial charge in [0.15, 0.2) is 0 Å². The average Bonchev–Trinajstić information content (AvgIpc) is 2.59. The van der Waals surface area contributed by atoms with Gasteiger partial charge in [-0.2, -0.15) is 0 Å². The minimum Gasteiger partial charge on any atom is -0.478 e. The first-order chi connectivity index (χ1) is 12.2. The van der Waals surface area contributed by atoms with Crippen molar-refractivity contribution in [3.63, 3.8) is 0 Å². The molecule has 0 radical (unpaired) electrons. The Bertz CT molecular complexity index is 630. The number of azide groups is 1. The summed E-state index contributed by atoms with van der Waals surface area (Å²) in [5.41, 5.74) is 8.72. The van der Waals surface area contributed by atoms with Crippen LogP contribution in [0.4, 0.5) is 0 Å². The summed E-state index contributed by atoms with van der Waals surface area (Å²) in [7, 11) is 1.09. The maximum absolute atomic E-state index is 11.7. The van der Waals surface area contributed by atoms with Crippen LogP contribution < -0.4 is 5.32 Å². The molecule has 1 aliphatic rings. The standard InChI is InChI=1S/C14H20N4O8/c1-6(19)16-11-8(17-18-15)4-10(14(23)24-3)26-13(11)12(22)9(21)5-25-7(2)20/h4,8-9,11-13,21-22H,5H2,1-3H3,(H,16,19)/t8-,9+,11+,12+,13+/m0/s1. The Hall–Kier alpha value is -2.82.